The third kappa shape index (κ3) is 4.11. The van der Waals surface area contributed by atoms with Gasteiger partial charge < -0.3 is 10.4 Å². The molecule has 0 aromatic heterocycles. The zero-order valence-electron chi connectivity index (χ0n) is 16.8. The molecule has 1 amide bonds. The number of rotatable bonds is 5. The highest BCUT2D eigenvalue weighted by molar-refractivity contribution is 9.10. The van der Waals surface area contributed by atoms with Crippen molar-refractivity contribution in [2.24, 2.45) is 0 Å². The highest BCUT2D eigenvalue weighted by atomic mass is 79.9. The summed E-state index contributed by atoms with van der Waals surface area (Å²) >= 11 is 3.34. The number of aliphatic hydroxyl groups is 1. The smallest absolute Gasteiger partial charge is 0.264 e. The van der Waals surface area contributed by atoms with E-state index in [0.717, 1.165) is 10.0 Å². The van der Waals surface area contributed by atoms with Crippen LogP contribution in [0, 0.1) is 6.92 Å². The fraction of sp³-hybridized carbons (Fsp3) is 0.174. The van der Waals surface area contributed by atoms with Crippen LogP contribution in [0.15, 0.2) is 70.0 Å². The molecular formula is C23H21BrN2O4S. The molecule has 0 unspecified atom stereocenters. The van der Waals surface area contributed by atoms with Gasteiger partial charge in [-0.25, -0.2) is 8.42 Å². The molecule has 0 fully saturated rings. The molecule has 1 heterocycles. The summed E-state index contributed by atoms with van der Waals surface area (Å²) in [6, 6.07) is 17.2. The van der Waals surface area contributed by atoms with Crippen molar-refractivity contribution in [1.29, 1.82) is 0 Å². The fourth-order valence-corrected chi connectivity index (χ4v) is 5.87. The lowest BCUT2D eigenvalue weighted by molar-refractivity contribution is 0.102. The Bertz CT molecular complexity index is 1270. The Hall–Kier alpha value is -2.68. The van der Waals surface area contributed by atoms with E-state index in [4.69, 9.17) is 0 Å². The minimum absolute atomic E-state index is 0.107. The summed E-state index contributed by atoms with van der Waals surface area (Å²) in [7, 11) is -3.82. The van der Waals surface area contributed by atoms with Crippen LogP contribution in [-0.2, 0) is 23.1 Å². The molecule has 1 aliphatic heterocycles. The number of benzene rings is 3. The molecule has 0 aliphatic carbocycles. The number of amides is 1. The lowest BCUT2D eigenvalue weighted by Crippen LogP contribution is -2.30. The van der Waals surface area contributed by atoms with Crippen molar-refractivity contribution in [2.75, 3.05) is 16.2 Å². The predicted octanol–water partition coefficient (Wildman–Crippen LogP) is 4.25. The minimum Gasteiger partial charge on any atom is -0.392 e. The molecule has 0 saturated carbocycles. The summed E-state index contributed by atoms with van der Waals surface area (Å²) in [4.78, 5) is 13.0. The van der Waals surface area contributed by atoms with Crippen molar-refractivity contribution < 1.29 is 18.3 Å². The van der Waals surface area contributed by atoms with Crippen LogP contribution >= 0.6 is 15.9 Å². The molecule has 6 nitrogen and oxygen atoms in total. The van der Waals surface area contributed by atoms with Crippen LogP contribution < -0.4 is 9.62 Å². The maximum Gasteiger partial charge on any atom is 0.264 e. The zero-order chi connectivity index (χ0) is 22.2. The highest BCUT2D eigenvalue weighted by Crippen LogP contribution is 2.34. The second-order valence-electron chi connectivity index (χ2n) is 7.35. The van der Waals surface area contributed by atoms with Crippen LogP contribution in [0.4, 0.5) is 11.4 Å². The Labute approximate surface area is 189 Å². The molecule has 31 heavy (non-hydrogen) atoms. The summed E-state index contributed by atoms with van der Waals surface area (Å²) < 4.78 is 29.1. The van der Waals surface area contributed by atoms with E-state index in [1.54, 1.807) is 43.3 Å². The largest absolute Gasteiger partial charge is 0.392 e. The van der Waals surface area contributed by atoms with E-state index in [2.05, 4.69) is 21.2 Å². The monoisotopic (exact) mass is 500 g/mol. The van der Waals surface area contributed by atoms with Gasteiger partial charge in [0, 0.05) is 27.8 Å². The topological polar surface area (TPSA) is 86.7 Å². The summed E-state index contributed by atoms with van der Waals surface area (Å²) in [6.45, 7) is 1.85. The number of anilines is 2. The lowest BCUT2D eigenvalue weighted by Gasteiger charge is -2.21. The lowest BCUT2D eigenvalue weighted by atomic mass is 10.1. The van der Waals surface area contributed by atoms with Gasteiger partial charge in [0.05, 0.1) is 17.2 Å². The van der Waals surface area contributed by atoms with E-state index >= 15 is 0 Å². The first-order valence-corrected chi connectivity index (χ1v) is 12.0. The van der Waals surface area contributed by atoms with Gasteiger partial charge in [-0.05, 0) is 60.9 Å². The molecule has 0 bridgehead atoms. The van der Waals surface area contributed by atoms with Gasteiger partial charge in [-0.3, -0.25) is 9.10 Å². The van der Waals surface area contributed by atoms with Crippen molar-refractivity contribution >= 4 is 43.2 Å². The van der Waals surface area contributed by atoms with Gasteiger partial charge in [-0.1, -0.05) is 40.2 Å². The SMILES string of the molecule is Cc1ccc(C(=O)Nc2ccc(Br)cc2CO)cc1S(=O)(=O)N1CCc2ccccc21. The molecular weight excluding hydrogens is 480 g/mol. The molecule has 3 aromatic rings. The van der Waals surface area contributed by atoms with Crippen LogP contribution in [0.2, 0.25) is 0 Å². The number of aliphatic hydroxyl groups excluding tert-OH is 1. The summed E-state index contributed by atoms with van der Waals surface area (Å²) in [6.07, 6.45) is 0.655. The van der Waals surface area contributed by atoms with Gasteiger partial charge in [-0.2, -0.15) is 0 Å². The van der Waals surface area contributed by atoms with Crippen LogP contribution in [0.5, 0.6) is 0 Å². The Balaban J connectivity index is 1.67. The number of hydrogen-bond donors (Lipinski definition) is 2. The van der Waals surface area contributed by atoms with Gasteiger partial charge >= 0.3 is 0 Å². The average molecular weight is 501 g/mol. The molecule has 8 heteroatoms. The van der Waals surface area contributed by atoms with Gasteiger partial charge in [0.2, 0.25) is 0 Å². The molecule has 0 spiro atoms. The first kappa shape index (κ1) is 21.5. The van der Waals surface area contributed by atoms with Crippen LogP contribution in [0.3, 0.4) is 0 Å². The van der Waals surface area contributed by atoms with Crippen molar-refractivity contribution in [2.45, 2.75) is 24.8 Å². The third-order valence-electron chi connectivity index (χ3n) is 5.35. The summed E-state index contributed by atoms with van der Waals surface area (Å²) in [5.74, 6) is -0.449. The van der Waals surface area contributed by atoms with Crippen molar-refractivity contribution in [3.63, 3.8) is 0 Å². The molecule has 0 atom stereocenters. The molecule has 2 N–H and O–H groups in total. The van der Waals surface area contributed by atoms with E-state index in [9.17, 15) is 18.3 Å². The Morgan fingerprint density at radius 3 is 2.68 bits per heavy atom. The maximum absolute atomic E-state index is 13.4. The van der Waals surface area contributed by atoms with Crippen LogP contribution in [-0.4, -0.2) is 26.0 Å². The Morgan fingerprint density at radius 2 is 1.90 bits per heavy atom. The third-order valence-corrected chi connectivity index (χ3v) is 7.80. The number of carbonyl (C=O) groups excluding carboxylic acids is 1. The number of halogens is 1. The van der Waals surface area contributed by atoms with Crippen molar-refractivity contribution in [3.05, 3.63) is 87.4 Å². The van der Waals surface area contributed by atoms with Gasteiger partial charge in [0.15, 0.2) is 0 Å². The van der Waals surface area contributed by atoms with Crippen LogP contribution in [0.25, 0.3) is 0 Å². The highest BCUT2D eigenvalue weighted by Gasteiger charge is 2.32. The Kier molecular flexibility index (Phi) is 5.88. The second kappa shape index (κ2) is 8.45. The van der Waals surface area contributed by atoms with Crippen LogP contribution in [0.1, 0.15) is 27.0 Å². The number of para-hydroxylation sites is 1. The van der Waals surface area contributed by atoms with Gasteiger partial charge in [-0.15, -0.1) is 0 Å². The number of carbonyl (C=O) groups is 1. The van der Waals surface area contributed by atoms with Gasteiger partial charge in [0.25, 0.3) is 15.9 Å². The van der Waals surface area contributed by atoms with E-state index in [1.807, 2.05) is 18.2 Å². The normalized spacial score (nSPS) is 13.2. The van der Waals surface area contributed by atoms with Crippen molar-refractivity contribution in [3.8, 4) is 0 Å². The number of aryl methyl sites for hydroxylation is 1. The maximum atomic E-state index is 13.4. The number of nitrogens with one attached hydrogen (secondary N) is 1. The molecule has 160 valence electrons. The van der Waals surface area contributed by atoms with Crippen molar-refractivity contribution in [1.82, 2.24) is 0 Å². The number of hydrogen-bond acceptors (Lipinski definition) is 4. The summed E-state index contributed by atoms with van der Waals surface area (Å²) in [5.41, 5.74) is 3.48. The van der Waals surface area contributed by atoms with E-state index < -0.39 is 15.9 Å². The molecule has 4 rings (SSSR count). The first-order chi connectivity index (χ1) is 14.8. The quantitative estimate of drug-likeness (QED) is 0.547. The zero-order valence-corrected chi connectivity index (χ0v) is 19.2. The van der Waals surface area contributed by atoms with E-state index in [0.29, 0.717) is 35.5 Å². The number of nitrogens with zero attached hydrogens (tertiary/aromatic N) is 1. The fourth-order valence-electron chi connectivity index (χ4n) is 3.71. The molecule has 3 aromatic carbocycles. The second-order valence-corrected chi connectivity index (χ2v) is 10.1. The predicted molar refractivity (Wildman–Crippen MR) is 124 cm³/mol. The molecule has 1 aliphatic rings. The van der Waals surface area contributed by atoms with Gasteiger partial charge in [0.1, 0.15) is 0 Å². The standard InChI is InChI=1S/C23H21BrN2O4S/c1-15-6-7-17(23(28)25-20-9-8-19(24)12-18(20)14-27)13-22(15)31(29,30)26-11-10-16-4-2-3-5-21(16)26/h2-9,12-13,27H,10-11,14H2,1H3,(H,25,28). The average Bonchev–Trinajstić information content (AvgIpc) is 3.20. The molecule has 0 saturated heterocycles. The van der Waals surface area contributed by atoms with E-state index in [1.165, 1.54) is 10.4 Å². The molecule has 0 radical (unpaired) electrons. The summed E-state index contributed by atoms with van der Waals surface area (Å²) in [5, 5.41) is 12.3. The number of fused-ring (bicyclic) bond motifs is 1. The minimum atomic E-state index is -3.82. The number of sulfonamides is 1. The van der Waals surface area contributed by atoms with E-state index in [-0.39, 0.29) is 17.1 Å². The Morgan fingerprint density at radius 1 is 1.13 bits per heavy atom. The first-order valence-electron chi connectivity index (χ1n) is 9.73.